The van der Waals surface area contributed by atoms with Gasteiger partial charge in [-0.05, 0) is 122 Å². The predicted molar refractivity (Wildman–Crippen MR) is 280 cm³/mol. The van der Waals surface area contributed by atoms with Gasteiger partial charge in [0.25, 0.3) is 0 Å². The van der Waals surface area contributed by atoms with Crippen LogP contribution >= 0.6 is 0 Å². The minimum absolute atomic E-state index is 0.00942. The molecule has 9 rings (SSSR count). The van der Waals surface area contributed by atoms with E-state index in [-0.39, 0.29) is 27.1 Å². The molecule has 5 nitrogen and oxygen atoms in total. The van der Waals surface area contributed by atoms with E-state index in [4.69, 9.17) is 9.72 Å². The van der Waals surface area contributed by atoms with Crippen LogP contribution in [0, 0.1) is 0 Å². The monoisotopic (exact) mass is 873 g/mol. The molecule has 0 amide bonds. The molecular weight excluding hydrogens is 805 g/mol. The van der Waals surface area contributed by atoms with E-state index >= 15 is 0 Å². The molecule has 0 radical (unpaired) electrons. The van der Waals surface area contributed by atoms with Crippen LogP contribution in [0.1, 0.15) is 130 Å². The van der Waals surface area contributed by atoms with E-state index in [1.54, 1.807) is 0 Å². The van der Waals surface area contributed by atoms with E-state index in [0.29, 0.717) is 6.67 Å². The van der Waals surface area contributed by atoms with Crippen LogP contribution in [0.3, 0.4) is 0 Å². The molecule has 2 aromatic heterocycles. The summed E-state index contributed by atoms with van der Waals surface area (Å²) < 4.78 is 9.14. The Kier molecular flexibility index (Phi) is 10.8. The Bertz CT molecular complexity index is 3110. The molecule has 0 spiro atoms. The highest BCUT2D eigenvalue weighted by molar-refractivity contribution is 6.09. The molecule has 6 aromatic carbocycles. The molecule has 0 saturated heterocycles. The number of pyridine rings is 1. The summed E-state index contributed by atoms with van der Waals surface area (Å²) in [4.78, 5) is 9.93. The van der Waals surface area contributed by atoms with Crippen molar-refractivity contribution in [1.29, 1.82) is 0 Å². The van der Waals surface area contributed by atoms with Crippen molar-refractivity contribution in [2.24, 2.45) is 0 Å². The van der Waals surface area contributed by atoms with Crippen LogP contribution < -0.4 is 14.5 Å². The van der Waals surface area contributed by atoms with Gasteiger partial charge in [0.1, 0.15) is 24.0 Å². The molecule has 1 aliphatic rings. The van der Waals surface area contributed by atoms with Crippen molar-refractivity contribution in [1.82, 2.24) is 9.55 Å². The molecule has 3 heterocycles. The van der Waals surface area contributed by atoms with Gasteiger partial charge < -0.3 is 14.5 Å². The molecule has 5 heteroatoms. The molecule has 0 N–H and O–H groups in total. The largest absolute Gasteiger partial charge is 0.457 e. The summed E-state index contributed by atoms with van der Waals surface area (Å²) in [7, 11) is 0. The first kappa shape index (κ1) is 44.9. The third-order valence-electron chi connectivity index (χ3n) is 13.8. The van der Waals surface area contributed by atoms with E-state index in [1.807, 2.05) is 6.20 Å². The van der Waals surface area contributed by atoms with E-state index in [0.717, 1.165) is 34.0 Å². The topological polar surface area (TPSA) is 33.5 Å². The fourth-order valence-corrected chi connectivity index (χ4v) is 9.69. The van der Waals surface area contributed by atoms with E-state index in [2.05, 4.69) is 251 Å². The molecule has 0 aliphatic carbocycles. The number of hydrogen-bond donors (Lipinski definition) is 0. The number of ether oxygens (including phenoxy) is 1. The zero-order valence-electron chi connectivity index (χ0n) is 41.8. The molecule has 0 atom stereocenters. The van der Waals surface area contributed by atoms with Gasteiger partial charge in [-0.2, -0.15) is 0 Å². The Labute approximate surface area is 394 Å². The van der Waals surface area contributed by atoms with Crippen LogP contribution in [-0.2, 0) is 27.1 Å². The molecule has 0 fully saturated rings. The Morgan fingerprint density at radius 3 is 1.67 bits per heavy atom. The second-order valence-electron chi connectivity index (χ2n) is 23.2. The van der Waals surface area contributed by atoms with Crippen molar-refractivity contribution >= 4 is 44.6 Å². The second-order valence-corrected chi connectivity index (χ2v) is 23.2. The summed E-state index contributed by atoms with van der Waals surface area (Å²) >= 11 is 0. The van der Waals surface area contributed by atoms with Gasteiger partial charge in [-0.25, -0.2) is 4.98 Å². The predicted octanol–water partition coefficient (Wildman–Crippen LogP) is 16.7. The van der Waals surface area contributed by atoms with Crippen molar-refractivity contribution < 1.29 is 4.74 Å². The molecule has 0 bridgehead atoms. The zero-order valence-corrected chi connectivity index (χ0v) is 41.8. The van der Waals surface area contributed by atoms with Gasteiger partial charge >= 0.3 is 0 Å². The van der Waals surface area contributed by atoms with Gasteiger partial charge in [0, 0.05) is 45.9 Å². The number of nitrogens with zero attached hydrogens (tertiary/aromatic N) is 4. The number of rotatable bonds is 7. The molecule has 0 unspecified atom stereocenters. The number of benzene rings is 6. The van der Waals surface area contributed by atoms with Crippen LogP contribution in [0.4, 0.5) is 22.7 Å². The molecular formula is C61H68N4O. The first-order valence-corrected chi connectivity index (χ1v) is 23.7. The van der Waals surface area contributed by atoms with Crippen molar-refractivity contribution in [3.8, 4) is 17.3 Å². The fourth-order valence-electron chi connectivity index (χ4n) is 9.69. The van der Waals surface area contributed by atoms with Crippen LogP contribution in [0.5, 0.6) is 11.5 Å². The highest BCUT2D eigenvalue weighted by Crippen LogP contribution is 2.51. The van der Waals surface area contributed by atoms with Gasteiger partial charge in [0.2, 0.25) is 0 Å². The summed E-state index contributed by atoms with van der Waals surface area (Å²) in [5.41, 5.74) is 14.4. The van der Waals surface area contributed by atoms with Gasteiger partial charge in [-0.3, -0.25) is 4.57 Å². The Balaban J connectivity index is 1.16. The first-order chi connectivity index (χ1) is 31.0. The zero-order chi connectivity index (χ0) is 47.1. The van der Waals surface area contributed by atoms with Gasteiger partial charge in [-0.1, -0.05) is 158 Å². The van der Waals surface area contributed by atoms with E-state index < -0.39 is 0 Å². The Morgan fingerprint density at radius 1 is 0.424 bits per heavy atom. The Morgan fingerprint density at radius 2 is 1.02 bits per heavy atom. The minimum atomic E-state index is -0.206. The normalized spacial score (nSPS) is 13.8. The van der Waals surface area contributed by atoms with E-state index in [1.165, 1.54) is 61.2 Å². The summed E-state index contributed by atoms with van der Waals surface area (Å²) in [6.07, 6.45) is 1.93. The van der Waals surface area contributed by atoms with Crippen molar-refractivity contribution in [2.45, 2.75) is 124 Å². The Hall–Kier alpha value is -6.33. The third-order valence-corrected chi connectivity index (χ3v) is 13.8. The number of fused-ring (bicyclic) bond motifs is 4. The molecule has 8 aromatic rings. The standard InChI is InChI=1S/C61H68N4O/c1-57(2,3)41-29-30-62-56(34-41)65-52-26-19-18-25-48(52)49-28-27-47(36-53(49)65)66-46-24-20-23-44(35-46)63-39-64(55-38-51(60(10,11)12)50(37-54(55)63)59(7,8)9)45-32-42(58(4,5)6)31-43(33-45)61(13,14)40-21-16-15-17-22-40/h15-38H,39H2,1-14H3. The van der Waals surface area contributed by atoms with Crippen LogP contribution in [-0.4, -0.2) is 16.2 Å². The van der Waals surface area contributed by atoms with Crippen LogP contribution in [0.2, 0.25) is 0 Å². The smallest absolute Gasteiger partial charge is 0.137 e. The minimum Gasteiger partial charge on any atom is -0.457 e. The highest BCUT2D eigenvalue weighted by Gasteiger charge is 2.36. The lowest BCUT2D eigenvalue weighted by atomic mass is 9.74. The van der Waals surface area contributed by atoms with Crippen molar-refractivity contribution in [3.05, 3.63) is 179 Å². The maximum atomic E-state index is 6.87. The summed E-state index contributed by atoms with van der Waals surface area (Å²) in [6, 6.07) is 51.2. The highest BCUT2D eigenvalue weighted by atomic mass is 16.5. The van der Waals surface area contributed by atoms with E-state index in [9.17, 15) is 0 Å². The van der Waals surface area contributed by atoms with Crippen LogP contribution in [0.25, 0.3) is 27.6 Å². The average Bonchev–Trinajstić information content (AvgIpc) is 3.81. The van der Waals surface area contributed by atoms with Gasteiger partial charge in [0.05, 0.1) is 22.4 Å². The number of aromatic nitrogens is 2. The summed E-state index contributed by atoms with van der Waals surface area (Å²) in [5, 5.41) is 2.35. The van der Waals surface area contributed by atoms with Crippen molar-refractivity contribution in [2.75, 3.05) is 16.5 Å². The fraction of sp³-hybridized carbons (Fsp3) is 0.328. The van der Waals surface area contributed by atoms with Gasteiger partial charge in [-0.15, -0.1) is 0 Å². The summed E-state index contributed by atoms with van der Waals surface area (Å²) in [6.45, 7) is 33.2. The second kappa shape index (κ2) is 15.9. The average molecular weight is 873 g/mol. The number of hydrogen-bond acceptors (Lipinski definition) is 4. The molecule has 0 saturated carbocycles. The maximum absolute atomic E-state index is 6.87. The van der Waals surface area contributed by atoms with Crippen LogP contribution in [0.15, 0.2) is 146 Å². The molecule has 66 heavy (non-hydrogen) atoms. The first-order valence-electron chi connectivity index (χ1n) is 23.7. The SMILES string of the molecule is CC(C)(C)c1cc(N2CN(c3cccc(Oc4ccc5c6ccccc6n(-c6cc(C(C)(C)C)ccn6)c5c4)c3)c3cc(C(C)(C)C)c(C(C)(C)C)cc32)cc(C(C)(C)c2ccccc2)c1. The summed E-state index contributed by atoms with van der Waals surface area (Å²) in [5.74, 6) is 2.46. The lowest BCUT2D eigenvalue weighted by Gasteiger charge is -2.33. The lowest BCUT2D eigenvalue weighted by molar-refractivity contribution is 0.483. The quantitative estimate of drug-likeness (QED) is 0.160. The maximum Gasteiger partial charge on any atom is 0.137 e. The van der Waals surface area contributed by atoms with Crippen molar-refractivity contribution in [3.63, 3.8) is 0 Å². The third kappa shape index (κ3) is 8.27. The van der Waals surface area contributed by atoms with Gasteiger partial charge in [0.15, 0.2) is 0 Å². The molecule has 338 valence electrons. The number of para-hydroxylation sites is 1. The lowest BCUT2D eigenvalue weighted by Crippen LogP contribution is -2.26. The number of anilines is 4. The molecule has 1 aliphatic heterocycles.